The lowest BCUT2D eigenvalue weighted by Gasteiger charge is -2.14. The van der Waals surface area contributed by atoms with Gasteiger partial charge in [0.15, 0.2) is 0 Å². The summed E-state index contributed by atoms with van der Waals surface area (Å²) in [7, 11) is 3.95. The lowest BCUT2D eigenvalue weighted by Crippen LogP contribution is -2.22. The van der Waals surface area contributed by atoms with Crippen LogP contribution in [0.3, 0.4) is 0 Å². The first-order chi connectivity index (χ1) is 12.9. The third-order valence-electron chi connectivity index (χ3n) is 3.70. The number of rotatable bonds is 5. The Hall–Kier alpha value is -3.55. The molecule has 0 atom stereocenters. The quantitative estimate of drug-likeness (QED) is 0.781. The Morgan fingerprint density at radius 3 is 2.11 bits per heavy atom. The third kappa shape index (κ3) is 4.75. The second-order valence-electron chi connectivity index (χ2n) is 5.53. The van der Waals surface area contributed by atoms with Crippen molar-refractivity contribution < 1.29 is 28.6 Å². The Morgan fingerprint density at radius 2 is 1.48 bits per heavy atom. The standard InChI is InChI=1S/C19H20N2O6/c1-11-5-8-16(25-2)15(9-11)21-19(24)20-14-10-12(17(22)26-3)6-7-13(14)18(23)27-4/h5-10H,1-4H3,(H2,20,21,24). The number of carbonyl (C=O) groups is 3. The van der Waals surface area contributed by atoms with E-state index >= 15 is 0 Å². The number of amides is 2. The van der Waals surface area contributed by atoms with Crippen molar-refractivity contribution >= 4 is 29.3 Å². The summed E-state index contributed by atoms with van der Waals surface area (Å²) in [4.78, 5) is 36.1. The average Bonchev–Trinajstić information content (AvgIpc) is 2.66. The van der Waals surface area contributed by atoms with Crippen LogP contribution in [-0.2, 0) is 9.47 Å². The van der Waals surface area contributed by atoms with E-state index < -0.39 is 18.0 Å². The minimum Gasteiger partial charge on any atom is -0.495 e. The van der Waals surface area contributed by atoms with E-state index in [1.54, 1.807) is 12.1 Å². The normalized spacial score (nSPS) is 9.93. The van der Waals surface area contributed by atoms with Gasteiger partial charge in [-0.25, -0.2) is 14.4 Å². The molecular formula is C19H20N2O6. The molecule has 0 aliphatic rings. The number of nitrogens with one attached hydrogen (secondary N) is 2. The smallest absolute Gasteiger partial charge is 0.339 e. The molecule has 0 saturated carbocycles. The number of methoxy groups -OCH3 is 3. The van der Waals surface area contributed by atoms with E-state index in [9.17, 15) is 14.4 Å². The molecule has 0 bridgehead atoms. The highest BCUT2D eigenvalue weighted by atomic mass is 16.5. The van der Waals surface area contributed by atoms with Crippen LogP contribution < -0.4 is 15.4 Å². The summed E-state index contributed by atoms with van der Waals surface area (Å²) < 4.78 is 14.6. The average molecular weight is 372 g/mol. The molecule has 0 aromatic heterocycles. The summed E-state index contributed by atoms with van der Waals surface area (Å²) in [6.45, 7) is 1.87. The summed E-state index contributed by atoms with van der Waals surface area (Å²) in [6.07, 6.45) is 0. The zero-order chi connectivity index (χ0) is 20.0. The highest BCUT2D eigenvalue weighted by molar-refractivity contribution is 6.06. The van der Waals surface area contributed by atoms with Gasteiger partial charge in [0.05, 0.1) is 43.8 Å². The van der Waals surface area contributed by atoms with Crippen LogP contribution in [0.5, 0.6) is 5.75 Å². The zero-order valence-corrected chi connectivity index (χ0v) is 15.4. The van der Waals surface area contributed by atoms with Gasteiger partial charge < -0.3 is 24.8 Å². The van der Waals surface area contributed by atoms with Gasteiger partial charge >= 0.3 is 18.0 Å². The fraction of sp³-hybridized carbons (Fsp3) is 0.211. The number of esters is 2. The molecule has 0 aliphatic carbocycles. The maximum Gasteiger partial charge on any atom is 0.339 e. The van der Waals surface area contributed by atoms with Crippen molar-refractivity contribution in [3.63, 3.8) is 0 Å². The molecule has 2 rings (SSSR count). The molecule has 142 valence electrons. The lowest BCUT2D eigenvalue weighted by atomic mass is 10.1. The van der Waals surface area contributed by atoms with Gasteiger partial charge in [-0.3, -0.25) is 0 Å². The molecule has 0 unspecified atom stereocenters. The number of hydrogen-bond donors (Lipinski definition) is 2. The second kappa shape index (κ2) is 8.70. The number of anilines is 2. The number of carbonyl (C=O) groups excluding carboxylic acids is 3. The predicted molar refractivity (Wildman–Crippen MR) is 99.5 cm³/mol. The van der Waals surface area contributed by atoms with Gasteiger partial charge in [0.1, 0.15) is 5.75 Å². The predicted octanol–water partition coefficient (Wildman–Crippen LogP) is 3.22. The number of ether oxygens (including phenoxy) is 3. The summed E-state index contributed by atoms with van der Waals surface area (Å²) in [5.74, 6) is -0.780. The molecule has 0 saturated heterocycles. The summed E-state index contributed by atoms with van der Waals surface area (Å²) in [5, 5.41) is 5.20. The number of hydrogen-bond acceptors (Lipinski definition) is 6. The Bertz CT molecular complexity index is 878. The highest BCUT2D eigenvalue weighted by Gasteiger charge is 2.18. The van der Waals surface area contributed by atoms with Gasteiger partial charge in [-0.1, -0.05) is 6.07 Å². The van der Waals surface area contributed by atoms with Crippen molar-refractivity contribution in [2.75, 3.05) is 32.0 Å². The largest absolute Gasteiger partial charge is 0.495 e. The summed E-state index contributed by atoms with van der Waals surface area (Å²) >= 11 is 0. The molecule has 0 radical (unpaired) electrons. The van der Waals surface area contributed by atoms with Gasteiger partial charge in [0, 0.05) is 0 Å². The Balaban J connectivity index is 2.31. The maximum atomic E-state index is 12.4. The monoisotopic (exact) mass is 372 g/mol. The zero-order valence-electron chi connectivity index (χ0n) is 15.4. The van der Waals surface area contributed by atoms with Crippen molar-refractivity contribution in [1.82, 2.24) is 0 Å². The molecule has 2 amide bonds. The Morgan fingerprint density at radius 1 is 0.815 bits per heavy atom. The van der Waals surface area contributed by atoms with Gasteiger partial charge in [-0.05, 0) is 42.8 Å². The van der Waals surface area contributed by atoms with E-state index in [0.717, 1.165) is 5.56 Å². The molecular weight excluding hydrogens is 352 g/mol. The molecule has 0 aliphatic heterocycles. The van der Waals surface area contributed by atoms with Crippen LogP contribution in [0.15, 0.2) is 36.4 Å². The van der Waals surface area contributed by atoms with Crippen LogP contribution in [0.1, 0.15) is 26.3 Å². The van der Waals surface area contributed by atoms with Crippen LogP contribution in [-0.4, -0.2) is 39.3 Å². The van der Waals surface area contributed by atoms with Gasteiger partial charge in [-0.15, -0.1) is 0 Å². The van der Waals surface area contributed by atoms with Gasteiger partial charge in [-0.2, -0.15) is 0 Å². The van der Waals surface area contributed by atoms with E-state index in [2.05, 4.69) is 15.4 Å². The molecule has 0 heterocycles. The summed E-state index contributed by atoms with van der Waals surface area (Å²) in [5.41, 5.74) is 1.76. The molecule has 8 heteroatoms. The Kier molecular flexibility index (Phi) is 6.37. The number of urea groups is 1. The molecule has 0 fully saturated rings. The van der Waals surface area contributed by atoms with Crippen LogP contribution >= 0.6 is 0 Å². The van der Waals surface area contributed by atoms with E-state index in [-0.39, 0.29) is 16.8 Å². The SMILES string of the molecule is COC(=O)c1ccc(C(=O)OC)c(NC(=O)Nc2cc(C)ccc2OC)c1. The maximum absolute atomic E-state index is 12.4. The molecule has 2 aromatic rings. The topological polar surface area (TPSA) is 103 Å². The van der Waals surface area contributed by atoms with Crippen molar-refractivity contribution in [3.05, 3.63) is 53.1 Å². The van der Waals surface area contributed by atoms with Crippen LogP contribution in [0.25, 0.3) is 0 Å². The lowest BCUT2D eigenvalue weighted by molar-refractivity contribution is 0.0587. The fourth-order valence-electron chi connectivity index (χ4n) is 2.38. The summed E-state index contributed by atoms with van der Waals surface area (Å²) in [6, 6.07) is 8.81. The first-order valence-electron chi connectivity index (χ1n) is 7.93. The van der Waals surface area contributed by atoms with Crippen LogP contribution in [0.4, 0.5) is 16.2 Å². The van der Waals surface area contributed by atoms with Gasteiger partial charge in [0.25, 0.3) is 0 Å². The fourth-order valence-corrected chi connectivity index (χ4v) is 2.38. The molecule has 0 spiro atoms. The van der Waals surface area contributed by atoms with Gasteiger partial charge in [0.2, 0.25) is 0 Å². The molecule has 27 heavy (non-hydrogen) atoms. The second-order valence-corrected chi connectivity index (χ2v) is 5.53. The van der Waals surface area contributed by atoms with Crippen LogP contribution in [0, 0.1) is 6.92 Å². The Labute approximate surface area is 156 Å². The molecule has 8 nitrogen and oxygen atoms in total. The number of benzene rings is 2. The number of aryl methyl sites for hydroxylation is 1. The van der Waals surface area contributed by atoms with E-state index in [1.807, 2.05) is 13.0 Å². The van der Waals surface area contributed by atoms with E-state index in [4.69, 9.17) is 9.47 Å². The first kappa shape index (κ1) is 19.8. The van der Waals surface area contributed by atoms with Crippen molar-refractivity contribution in [2.24, 2.45) is 0 Å². The van der Waals surface area contributed by atoms with E-state index in [0.29, 0.717) is 11.4 Å². The minimum atomic E-state index is -0.658. The van der Waals surface area contributed by atoms with Crippen molar-refractivity contribution in [1.29, 1.82) is 0 Å². The highest BCUT2D eigenvalue weighted by Crippen LogP contribution is 2.26. The van der Waals surface area contributed by atoms with Crippen LogP contribution in [0.2, 0.25) is 0 Å². The first-order valence-corrected chi connectivity index (χ1v) is 7.93. The molecule has 2 N–H and O–H groups in total. The minimum absolute atomic E-state index is 0.0940. The molecule has 2 aromatic carbocycles. The third-order valence-corrected chi connectivity index (χ3v) is 3.70. The van der Waals surface area contributed by atoms with E-state index in [1.165, 1.54) is 39.5 Å². The van der Waals surface area contributed by atoms with Crippen molar-refractivity contribution in [2.45, 2.75) is 6.92 Å². The van der Waals surface area contributed by atoms with Crippen molar-refractivity contribution in [3.8, 4) is 5.75 Å².